The zero-order chi connectivity index (χ0) is 19.2. The quantitative estimate of drug-likeness (QED) is 0.628. The first-order valence-electron chi connectivity index (χ1n) is 8.18. The number of hydrogen-bond acceptors (Lipinski definition) is 5. The van der Waals surface area contributed by atoms with E-state index in [9.17, 15) is 18.0 Å². The number of carbonyl (C=O) groups excluding carboxylic acids is 1. The summed E-state index contributed by atoms with van der Waals surface area (Å²) in [5.74, 6) is -0.531. The number of benzene rings is 2. The fourth-order valence-electron chi connectivity index (χ4n) is 3.00. The van der Waals surface area contributed by atoms with Gasteiger partial charge in [-0.2, -0.15) is 0 Å². The first-order valence-corrected chi connectivity index (χ1v) is 10.1. The molecule has 0 atom stereocenters. The third-order valence-electron chi connectivity index (χ3n) is 4.59. The summed E-state index contributed by atoms with van der Waals surface area (Å²) < 4.78 is 30.4. The van der Waals surface area contributed by atoms with Crippen molar-refractivity contribution in [1.82, 2.24) is 4.90 Å². The lowest BCUT2D eigenvalue weighted by Gasteiger charge is -2.38. The molecule has 0 aliphatic carbocycles. The van der Waals surface area contributed by atoms with Gasteiger partial charge in [0.1, 0.15) is 16.4 Å². The van der Waals surface area contributed by atoms with Gasteiger partial charge in [-0.05, 0) is 36.4 Å². The van der Waals surface area contributed by atoms with Gasteiger partial charge in [0.2, 0.25) is 0 Å². The summed E-state index contributed by atoms with van der Waals surface area (Å²) in [6.07, 6.45) is 0. The molecule has 138 valence electrons. The SMILES string of the molecule is O=C(c1cc2ccccc2oc1=O)N1CC(S(=O)(=O)c2ccc(Cl)cc2)C1. The van der Waals surface area contributed by atoms with E-state index in [4.69, 9.17) is 16.0 Å². The number of sulfone groups is 1. The van der Waals surface area contributed by atoms with Crippen LogP contribution in [0.25, 0.3) is 11.0 Å². The zero-order valence-electron chi connectivity index (χ0n) is 14.0. The van der Waals surface area contributed by atoms with Crippen LogP contribution in [0.15, 0.2) is 68.7 Å². The van der Waals surface area contributed by atoms with E-state index >= 15 is 0 Å². The van der Waals surface area contributed by atoms with Crippen LogP contribution in [0.5, 0.6) is 0 Å². The Balaban J connectivity index is 1.54. The van der Waals surface area contributed by atoms with E-state index in [1.807, 2.05) is 0 Å². The molecule has 1 saturated heterocycles. The van der Waals surface area contributed by atoms with Crippen LogP contribution in [0.3, 0.4) is 0 Å². The van der Waals surface area contributed by atoms with E-state index in [-0.39, 0.29) is 23.5 Å². The molecule has 1 aliphatic heterocycles. The van der Waals surface area contributed by atoms with Crippen LogP contribution < -0.4 is 5.63 Å². The molecule has 6 nitrogen and oxygen atoms in total. The van der Waals surface area contributed by atoms with E-state index in [2.05, 4.69) is 0 Å². The Morgan fingerprint density at radius 3 is 2.44 bits per heavy atom. The highest BCUT2D eigenvalue weighted by Crippen LogP contribution is 2.26. The summed E-state index contributed by atoms with van der Waals surface area (Å²) in [6, 6.07) is 14.3. The van der Waals surface area contributed by atoms with Gasteiger partial charge in [0, 0.05) is 23.5 Å². The molecule has 2 aromatic carbocycles. The number of para-hydroxylation sites is 1. The van der Waals surface area contributed by atoms with Gasteiger partial charge in [-0.25, -0.2) is 13.2 Å². The Labute approximate surface area is 159 Å². The highest BCUT2D eigenvalue weighted by atomic mass is 35.5. The van der Waals surface area contributed by atoms with Gasteiger partial charge in [-0.1, -0.05) is 29.8 Å². The topological polar surface area (TPSA) is 84.7 Å². The van der Waals surface area contributed by atoms with Crippen LogP contribution in [0, 0.1) is 0 Å². The van der Waals surface area contributed by atoms with Crippen LogP contribution in [0.4, 0.5) is 0 Å². The smallest absolute Gasteiger partial charge is 0.349 e. The van der Waals surface area contributed by atoms with Crippen molar-refractivity contribution in [1.29, 1.82) is 0 Å². The van der Waals surface area contributed by atoms with Crippen molar-refractivity contribution in [3.05, 3.63) is 75.6 Å². The van der Waals surface area contributed by atoms with E-state index in [0.717, 1.165) is 0 Å². The first kappa shape index (κ1) is 17.8. The molecule has 0 radical (unpaired) electrons. The van der Waals surface area contributed by atoms with Crippen LogP contribution in [-0.2, 0) is 9.84 Å². The molecule has 0 unspecified atom stereocenters. The zero-order valence-corrected chi connectivity index (χ0v) is 15.5. The molecule has 8 heteroatoms. The van der Waals surface area contributed by atoms with Gasteiger partial charge in [-0.15, -0.1) is 0 Å². The summed E-state index contributed by atoms with van der Waals surface area (Å²) in [5.41, 5.74) is -0.440. The standard InChI is InChI=1S/C19H14ClNO5S/c20-13-5-7-14(8-6-13)27(24,25)15-10-21(11-15)18(22)16-9-12-3-1-2-4-17(12)26-19(16)23/h1-9,15H,10-11H2. The molecule has 0 bridgehead atoms. The minimum Gasteiger partial charge on any atom is -0.422 e. The number of nitrogens with zero attached hydrogens (tertiary/aromatic N) is 1. The Kier molecular flexibility index (Phi) is 4.28. The van der Waals surface area contributed by atoms with Crippen LogP contribution in [-0.4, -0.2) is 37.6 Å². The molecule has 0 spiro atoms. The Morgan fingerprint density at radius 1 is 1.07 bits per heavy atom. The molecular weight excluding hydrogens is 390 g/mol. The third kappa shape index (κ3) is 3.13. The van der Waals surface area contributed by atoms with Gasteiger partial charge in [0.25, 0.3) is 5.91 Å². The molecule has 1 aliphatic rings. The molecule has 27 heavy (non-hydrogen) atoms. The number of rotatable bonds is 3. The number of amides is 1. The van der Waals surface area contributed by atoms with Crippen molar-refractivity contribution in [3.63, 3.8) is 0 Å². The van der Waals surface area contributed by atoms with Gasteiger partial charge >= 0.3 is 5.63 Å². The molecule has 1 aromatic heterocycles. The van der Waals surface area contributed by atoms with Gasteiger partial charge < -0.3 is 9.32 Å². The summed E-state index contributed by atoms with van der Waals surface area (Å²) in [5, 5.41) is 0.365. The molecule has 1 amide bonds. The van der Waals surface area contributed by atoms with Gasteiger partial charge in [0.05, 0.1) is 4.90 Å². The molecular formula is C19H14ClNO5S. The Bertz CT molecular complexity index is 1190. The van der Waals surface area contributed by atoms with Gasteiger partial charge in [-0.3, -0.25) is 4.79 Å². The van der Waals surface area contributed by atoms with E-state index in [1.165, 1.54) is 35.2 Å². The lowest BCUT2D eigenvalue weighted by molar-refractivity contribution is 0.0654. The maximum absolute atomic E-state index is 12.6. The normalized spacial score (nSPS) is 14.9. The Morgan fingerprint density at radius 2 is 1.74 bits per heavy atom. The monoisotopic (exact) mass is 403 g/mol. The van der Waals surface area contributed by atoms with E-state index < -0.39 is 26.6 Å². The predicted molar refractivity (Wildman–Crippen MR) is 101 cm³/mol. The number of fused-ring (bicyclic) bond motifs is 1. The van der Waals surface area contributed by atoms with Crippen LogP contribution in [0.1, 0.15) is 10.4 Å². The van der Waals surface area contributed by atoms with Crippen molar-refractivity contribution >= 4 is 38.3 Å². The van der Waals surface area contributed by atoms with Crippen LogP contribution >= 0.6 is 11.6 Å². The summed E-state index contributed by atoms with van der Waals surface area (Å²) in [4.78, 5) is 26.2. The molecule has 0 N–H and O–H groups in total. The Hall–Kier alpha value is -2.64. The lowest BCUT2D eigenvalue weighted by Crippen LogP contribution is -2.57. The highest BCUT2D eigenvalue weighted by molar-refractivity contribution is 7.92. The average molecular weight is 404 g/mol. The first-order chi connectivity index (χ1) is 12.9. The van der Waals surface area contributed by atoms with Gasteiger partial charge in [0.15, 0.2) is 9.84 Å². The molecule has 2 heterocycles. The minimum absolute atomic E-state index is 0.0239. The summed E-state index contributed by atoms with van der Waals surface area (Å²) in [6.45, 7) is 0.0477. The highest BCUT2D eigenvalue weighted by Gasteiger charge is 2.41. The van der Waals surface area contributed by atoms with Crippen molar-refractivity contribution in [3.8, 4) is 0 Å². The fourth-order valence-corrected chi connectivity index (χ4v) is 4.78. The maximum atomic E-state index is 12.6. The minimum atomic E-state index is -3.57. The van der Waals surface area contributed by atoms with Crippen molar-refractivity contribution in [2.24, 2.45) is 0 Å². The molecule has 3 aromatic rings. The predicted octanol–water partition coefficient (Wildman–Crippen LogP) is 2.74. The number of likely N-dealkylation sites (tertiary alicyclic amines) is 1. The van der Waals surface area contributed by atoms with E-state index in [1.54, 1.807) is 24.3 Å². The largest absolute Gasteiger partial charge is 0.422 e. The summed E-state index contributed by atoms with van der Waals surface area (Å²) in [7, 11) is -3.57. The molecule has 4 rings (SSSR count). The maximum Gasteiger partial charge on any atom is 0.349 e. The second-order valence-corrected chi connectivity index (χ2v) is 8.98. The lowest BCUT2D eigenvalue weighted by atomic mass is 10.1. The van der Waals surface area contributed by atoms with Crippen molar-refractivity contribution in [2.45, 2.75) is 10.1 Å². The number of carbonyl (C=O) groups is 1. The summed E-state index contributed by atoms with van der Waals surface area (Å²) >= 11 is 5.79. The molecule has 1 fully saturated rings. The number of halogens is 1. The number of hydrogen-bond donors (Lipinski definition) is 0. The second-order valence-electron chi connectivity index (χ2n) is 6.32. The molecule has 0 saturated carbocycles. The van der Waals surface area contributed by atoms with Crippen molar-refractivity contribution in [2.75, 3.05) is 13.1 Å². The average Bonchev–Trinajstić information content (AvgIpc) is 2.60. The second kappa shape index (κ2) is 6.51. The third-order valence-corrected chi connectivity index (χ3v) is 6.95. The van der Waals surface area contributed by atoms with Crippen LogP contribution in [0.2, 0.25) is 5.02 Å². The van der Waals surface area contributed by atoms with E-state index in [0.29, 0.717) is 16.0 Å². The fraction of sp³-hybridized carbons (Fsp3) is 0.158. The van der Waals surface area contributed by atoms with Crippen molar-refractivity contribution < 1.29 is 17.6 Å².